The number of carbonyl (C=O) groups is 1. The normalized spacial score (nSPS) is 13.2. The van der Waals surface area contributed by atoms with Crippen LogP contribution in [0.4, 0.5) is 0 Å². The van der Waals surface area contributed by atoms with Gasteiger partial charge in [0.25, 0.3) is 5.56 Å². The Morgan fingerprint density at radius 2 is 1.79 bits per heavy atom. The largest absolute Gasteiger partial charge is 0.353 e. The molecule has 0 aliphatic heterocycles. The molecule has 0 fully saturated rings. The summed E-state index contributed by atoms with van der Waals surface area (Å²) < 4.78 is 1.69. The summed E-state index contributed by atoms with van der Waals surface area (Å²) in [5.74, 6) is 0.164. The van der Waals surface area contributed by atoms with Crippen LogP contribution in [0.1, 0.15) is 38.8 Å². The van der Waals surface area contributed by atoms with Crippen molar-refractivity contribution in [3.8, 4) is 0 Å². The molecule has 0 spiro atoms. The van der Waals surface area contributed by atoms with Gasteiger partial charge < -0.3 is 5.32 Å². The number of hydrogen-bond donors (Lipinski definition) is 1. The van der Waals surface area contributed by atoms with Crippen LogP contribution < -0.4 is 10.9 Å². The number of para-hydroxylation sites is 1. The first-order valence-electron chi connectivity index (χ1n) is 9.49. The molecular formula is C22H25N3O2S. The fraction of sp³-hybridized carbons (Fsp3) is 0.318. The molecule has 1 N–H and O–H groups in total. The number of nitrogens with one attached hydrogen (secondary N) is 1. The standard InChI is InChI=1S/C22H25N3O2S/c1-4-15(2)23-20(26)14-28-22-24-19-13-9-8-12-18(19)21(27)25(22)16(3)17-10-6-5-7-11-17/h5-13,15-16H,4,14H2,1-3H3,(H,23,26). The fourth-order valence-corrected chi connectivity index (χ4v) is 3.88. The van der Waals surface area contributed by atoms with Crippen LogP contribution in [-0.2, 0) is 4.79 Å². The lowest BCUT2D eigenvalue weighted by Gasteiger charge is -2.20. The van der Waals surface area contributed by atoms with E-state index in [1.807, 2.05) is 69.3 Å². The maximum absolute atomic E-state index is 13.2. The Morgan fingerprint density at radius 3 is 2.50 bits per heavy atom. The highest BCUT2D eigenvalue weighted by molar-refractivity contribution is 7.99. The van der Waals surface area contributed by atoms with Crippen LogP contribution >= 0.6 is 11.8 Å². The summed E-state index contributed by atoms with van der Waals surface area (Å²) >= 11 is 1.30. The van der Waals surface area contributed by atoms with Crippen LogP contribution in [0.3, 0.4) is 0 Å². The molecule has 0 aliphatic rings. The highest BCUT2D eigenvalue weighted by Crippen LogP contribution is 2.24. The van der Waals surface area contributed by atoms with Crippen LogP contribution in [0.25, 0.3) is 10.9 Å². The van der Waals surface area contributed by atoms with Crippen molar-refractivity contribution in [3.63, 3.8) is 0 Å². The van der Waals surface area contributed by atoms with Crippen LogP contribution in [0, 0.1) is 0 Å². The molecule has 0 radical (unpaired) electrons. The van der Waals surface area contributed by atoms with Gasteiger partial charge in [-0.05, 0) is 38.0 Å². The Morgan fingerprint density at radius 1 is 1.11 bits per heavy atom. The van der Waals surface area contributed by atoms with E-state index in [1.54, 1.807) is 10.6 Å². The second-order valence-electron chi connectivity index (χ2n) is 6.84. The average Bonchev–Trinajstić information content (AvgIpc) is 2.72. The van der Waals surface area contributed by atoms with Gasteiger partial charge in [0, 0.05) is 6.04 Å². The van der Waals surface area contributed by atoms with E-state index >= 15 is 0 Å². The monoisotopic (exact) mass is 395 g/mol. The predicted molar refractivity (Wildman–Crippen MR) is 115 cm³/mol. The number of nitrogens with zero attached hydrogens (tertiary/aromatic N) is 2. The zero-order chi connectivity index (χ0) is 20.1. The highest BCUT2D eigenvalue weighted by Gasteiger charge is 2.19. The van der Waals surface area contributed by atoms with E-state index in [-0.39, 0.29) is 29.3 Å². The summed E-state index contributed by atoms with van der Waals surface area (Å²) in [4.78, 5) is 30.2. The van der Waals surface area contributed by atoms with Gasteiger partial charge in [-0.3, -0.25) is 14.2 Å². The van der Waals surface area contributed by atoms with E-state index in [2.05, 4.69) is 5.32 Å². The van der Waals surface area contributed by atoms with Gasteiger partial charge in [0.1, 0.15) is 0 Å². The quantitative estimate of drug-likeness (QED) is 0.485. The fourth-order valence-electron chi connectivity index (χ4n) is 3.00. The number of carbonyl (C=O) groups excluding carboxylic acids is 1. The maximum atomic E-state index is 13.2. The number of amides is 1. The summed E-state index contributed by atoms with van der Waals surface area (Å²) in [6.07, 6.45) is 0.875. The molecule has 0 saturated carbocycles. The summed E-state index contributed by atoms with van der Waals surface area (Å²) in [6, 6.07) is 17.1. The summed E-state index contributed by atoms with van der Waals surface area (Å²) in [7, 11) is 0. The van der Waals surface area contributed by atoms with Gasteiger partial charge in [-0.2, -0.15) is 0 Å². The van der Waals surface area contributed by atoms with Crippen molar-refractivity contribution >= 4 is 28.6 Å². The molecule has 28 heavy (non-hydrogen) atoms. The first-order chi connectivity index (χ1) is 13.5. The Hall–Kier alpha value is -2.60. The molecule has 0 bridgehead atoms. The molecule has 2 aromatic carbocycles. The van der Waals surface area contributed by atoms with Crippen LogP contribution in [-0.4, -0.2) is 27.3 Å². The van der Waals surface area contributed by atoms with Crippen molar-refractivity contribution in [2.24, 2.45) is 0 Å². The average molecular weight is 396 g/mol. The molecule has 6 heteroatoms. The van der Waals surface area contributed by atoms with Gasteiger partial charge in [0.2, 0.25) is 5.91 Å². The summed E-state index contributed by atoms with van der Waals surface area (Å²) in [6.45, 7) is 5.99. The van der Waals surface area contributed by atoms with Crippen LogP contribution in [0.5, 0.6) is 0 Å². The van der Waals surface area contributed by atoms with Crippen molar-refractivity contribution in [3.05, 3.63) is 70.5 Å². The van der Waals surface area contributed by atoms with E-state index in [9.17, 15) is 9.59 Å². The summed E-state index contributed by atoms with van der Waals surface area (Å²) in [5, 5.41) is 4.09. The first kappa shape index (κ1) is 20.1. The smallest absolute Gasteiger partial charge is 0.262 e. The number of hydrogen-bond acceptors (Lipinski definition) is 4. The van der Waals surface area contributed by atoms with Gasteiger partial charge >= 0.3 is 0 Å². The summed E-state index contributed by atoms with van der Waals surface area (Å²) in [5.41, 5.74) is 1.58. The Bertz CT molecular complexity index is 1020. The van der Waals surface area contributed by atoms with Crippen molar-refractivity contribution in [1.82, 2.24) is 14.9 Å². The van der Waals surface area contributed by atoms with Crippen LogP contribution in [0.15, 0.2) is 64.5 Å². The van der Waals surface area contributed by atoms with Gasteiger partial charge in [-0.1, -0.05) is 61.2 Å². The van der Waals surface area contributed by atoms with Crippen molar-refractivity contribution in [2.45, 2.75) is 44.4 Å². The third-order valence-corrected chi connectivity index (χ3v) is 5.75. The van der Waals surface area contributed by atoms with Crippen LogP contribution in [0.2, 0.25) is 0 Å². The van der Waals surface area contributed by atoms with E-state index in [0.29, 0.717) is 16.1 Å². The number of aromatic nitrogens is 2. The molecule has 0 aliphatic carbocycles. The SMILES string of the molecule is CCC(C)NC(=O)CSc1nc2ccccc2c(=O)n1C(C)c1ccccc1. The minimum absolute atomic E-state index is 0.0549. The molecule has 2 atom stereocenters. The molecule has 5 nitrogen and oxygen atoms in total. The first-order valence-corrected chi connectivity index (χ1v) is 10.5. The second kappa shape index (κ2) is 9.06. The van der Waals surface area contributed by atoms with Gasteiger partial charge in [-0.25, -0.2) is 4.98 Å². The maximum Gasteiger partial charge on any atom is 0.262 e. The number of fused-ring (bicyclic) bond motifs is 1. The minimum Gasteiger partial charge on any atom is -0.353 e. The number of thioether (sulfide) groups is 1. The lowest BCUT2D eigenvalue weighted by atomic mass is 10.1. The molecule has 2 unspecified atom stereocenters. The number of rotatable bonds is 7. The third kappa shape index (κ3) is 4.44. The lowest BCUT2D eigenvalue weighted by molar-refractivity contribution is -0.119. The molecule has 0 saturated heterocycles. The Labute approximate surface area is 169 Å². The van der Waals surface area contributed by atoms with E-state index < -0.39 is 0 Å². The van der Waals surface area contributed by atoms with Crippen molar-refractivity contribution in [2.75, 3.05) is 5.75 Å². The van der Waals surface area contributed by atoms with E-state index in [4.69, 9.17) is 4.98 Å². The topological polar surface area (TPSA) is 64.0 Å². The zero-order valence-electron chi connectivity index (χ0n) is 16.4. The van der Waals surface area contributed by atoms with Crippen molar-refractivity contribution in [1.29, 1.82) is 0 Å². The zero-order valence-corrected chi connectivity index (χ0v) is 17.2. The van der Waals surface area contributed by atoms with Gasteiger partial charge in [0.05, 0.1) is 22.7 Å². The van der Waals surface area contributed by atoms with Gasteiger partial charge in [-0.15, -0.1) is 0 Å². The molecule has 1 heterocycles. The highest BCUT2D eigenvalue weighted by atomic mass is 32.2. The number of benzene rings is 2. The van der Waals surface area contributed by atoms with Gasteiger partial charge in [0.15, 0.2) is 5.16 Å². The Balaban J connectivity index is 2.00. The van der Waals surface area contributed by atoms with E-state index in [1.165, 1.54) is 11.8 Å². The van der Waals surface area contributed by atoms with Crippen molar-refractivity contribution < 1.29 is 4.79 Å². The minimum atomic E-state index is -0.189. The third-order valence-electron chi connectivity index (χ3n) is 4.80. The molecule has 1 amide bonds. The lowest BCUT2D eigenvalue weighted by Crippen LogP contribution is -2.33. The molecule has 3 rings (SSSR count). The molecular weight excluding hydrogens is 370 g/mol. The second-order valence-corrected chi connectivity index (χ2v) is 7.78. The molecule has 1 aromatic heterocycles. The molecule has 3 aromatic rings. The predicted octanol–water partition coefficient (Wildman–Crippen LogP) is 4.01. The Kier molecular flexibility index (Phi) is 6.52. The van der Waals surface area contributed by atoms with E-state index in [0.717, 1.165) is 12.0 Å². The molecule has 146 valence electrons.